The van der Waals surface area contributed by atoms with Crippen molar-refractivity contribution < 1.29 is 9.53 Å². The van der Waals surface area contributed by atoms with Crippen molar-refractivity contribution in [3.05, 3.63) is 11.4 Å². The minimum absolute atomic E-state index is 0.193. The van der Waals surface area contributed by atoms with Gasteiger partial charge in [0.2, 0.25) is 5.91 Å². The third-order valence-electron chi connectivity index (χ3n) is 5.52. The lowest BCUT2D eigenvalue weighted by molar-refractivity contribution is -0.141. The van der Waals surface area contributed by atoms with Crippen LogP contribution in [0.1, 0.15) is 49.9 Å². The fourth-order valence-corrected chi connectivity index (χ4v) is 3.94. The summed E-state index contributed by atoms with van der Waals surface area (Å²) in [5.74, 6) is 2.16. The molecule has 23 heavy (non-hydrogen) atoms. The maximum absolute atomic E-state index is 12.7. The van der Waals surface area contributed by atoms with E-state index in [9.17, 15) is 4.79 Å². The van der Waals surface area contributed by atoms with Crippen molar-refractivity contribution in [3.8, 4) is 0 Å². The van der Waals surface area contributed by atoms with E-state index in [0.29, 0.717) is 25.0 Å². The standard InChI is InChI=1S/C17H26N4O2/c1-11-5-13(6-11)17(22)21-7-14(10-23-9-12-3-4-12)16-15(8-21)18-19-20(16)2/h11-14H,3-10H2,1-2H3. The highest BCUT2D eigenvalue weighted by atomic mass is 16.5. The van der Waals surface area contributed by atoms with Gasteiger partial charge >= 0.3 is 0 Å². The van der Waals surface area contributed by atoms with Gasteiger partial charge in [0.25, 0.3) is 0 Å². The van der Waals surface area contributed by atoms with Crippen molar-refractivity contribution in [2.24, 2.45) is 24.8 Å². The monoisotopic (exact) mass is 318 g/mol. The second-order valence-electron chi connectivity index (χ2n) is 7.72. The maximum atomic E-state index is 12.7. The summed E-state index contributed by atoms with van der Waals surface area (Å²) in [6.45, 7) is 5.07. The summed E-state index contributed by atoms with van der Waals surface area (Å²) in [5, 5.41) is 8.44. The van der Waals surface area contributed by atoms with Crippen LogP contribution in [0.25, 0.3) is 0 Å². The summed E-state index contributed by atoms with van der Waals surface area (Å²) < 4.78 is 7.77. The van der Waals surface area contributed by atoms with E-state index in [2.05, 4.69) is 17.2 Å². The molecule has 0 saturated heterocycles. The molecule has 1 amide bonds. The van der Waals surface area contributed by atoms with E-state index in [4.69, 9.17) is 4.74 Å². The normalized spacial score (nSPS) is 30.0. The van der Waals surface area contributed by atoms with E-state index >= 15 is 0 Å². The van der Waals surface area contributed by atoms with E-state index in [-0.39, 0.29) is 11.8 Å². The summed E-state index contributed by atoms with van der Waals surface area (Å²) in [6.07, 6.45) is 4.67. The lowest BCUT2D eigenvalue weighted by Gasteiger charge is -2.39. The first-order valence-corrected chi connectivity index (χ1v) is 8.86. The SMILES string of the molecule is CC1CC(C(=O)N2Cc3nnn(C)c3C(COCC3CC3)C2)C1. The van der Waals surface area contributed by atoms with Gasteiger partial charge in [-0.05, 0) is 37.5 Å². The molecule has 2 saturated carbocycles. The molecule has 2 aliphatic carbocycles. The number of aromatic nitrogens is 3. The Morgan fingerprint density at radius 2 is 2.09 bits per heavy atom. The number of hydrogen-bond donors (Lipinski definition) is 0. The summed E-state index contributed by atoms with van der Waals surface area (Å²) in [6, 6.07) is 0. The summed E-state index contributed by atoms with van der Waals surface area (Å²) >= 11 is 0. The smallest absolute Gasteiger partial charge is 0.226 e. The molecule has 0 N–H and O–H groups in total. The van der Waals surface area contributed by atoms with Gasteiger partial charge in [0.1, 0.15) is 5.69 Å². The van der Waals surface area contributed by atoms with Crippen molar-refractivity contribution in [2.75, 3.05) is 19.8 Å². The second-order valence-corrected chi connectivity index (χ2v) is 7.72. The van der Waals surface area contributed by atoms with Crippen LogP contribution >= 0.6 is 0 Å². The lowest BCUT2D eigenvalue weighted by atomic mass is 9.75. The summed E-state index contributed by atoms with van der Waals surface area (Å²) in [4.78, 5) is 14.7. The molecular weight excluding hydrogens is 292 g/mol. The van der Waals surface area contributed by atoms with Crippen LogP contribution in [0.3, 0.4) is 0 Å². The summed E-state index contributed by atoms with van der Waals surface area (Å²) in [7, 11) is 1.94. The highest BCUT2D eigenvalue weighted by Gasteiger charge is 2.39. The molecule has 126 valence electrons. The Bertz CT molecular complexity index is 589. The molecule has 0 radical (unpaired) electrons. The van der Waals surface area contributed by atoms with Crippen molar-refractivity contribution in [1.29, 1.82) is 0 Å². The number of fused-ring (bicyclic) bond motifs is 1. The Balaban J connectivity index is 1.45. The lowest BCUT2D eigenvalue weighted by Crippen LogP contribution is -2.45. The topological polar surface area (TPSA) is 60.2 Å². The first kappa shape index (κ1) is 15.1. The van der Waals surface area contributed by atoms with E-state index in [1.807, 2.05) is 16.6 Å². The zero-order chi connectivity index (χ0) is 16.0. The third-order valence-corrected chi connectivity index (χ3v) is 5.52. The highest BCUT2D eigenvalue weighted by molar-refractivity contribution is 5.80. The highest BCUT2D eigenvalue weighted by Crippen LogP contribution is 2.37. The van der Waals surface area contributed by atoms with Crippen LogP contribution in [0.5, 0.6) is 0 Å². The molecule has 6 heteroatoms. The van der Waals surface area contributed by atoms with Crippen LogP contribution in [0, 0.1) is 17.8 Å². The molecule has 1 aliphatic heterocycles. The van der Waals surface area contributed by atoms with Crippen LogP contribution in [-0.2, 0) is 23.1 Å². The zero-order valence-corrected chi connectivity index (χ0v) is 14.1. The minimum Gasteiger partial charge on any atom is -0.380 e. The van der Waals surface area contributed by atoms with Gasteiger partial charge in [-0.2, -0.15) is 0 Å². The Morgan fingerprint density at radius 3 is 2.78 bits per heavy atom. The van der Waals surface area contributed by atoms with E-state index in [1.165, 1.54) is 12.8 Å². The second kappa shape index (κ2) is 5.89. The largest absolute Gasteiger partial charge is 0.380 e. The van der Waals surface area contributed by atoms with Crippen LogP contribution in [0.4, 0.5) is 0 Å². The molecule has 0 aromatic carbocycles. The number of carbonyl (C=O) groups excluding carboxylic acids is 1. The maximum Gasteiger partial charge on any atom is 0.226 e. The average Bonchev–Trinajstić information content (AvgIpc) is 3.25. The molecule has 0 bridgehead atoms. The van der Waals surface area contributed by atoms with Gasteiger partial charge in [0, 0.05) is 32.0 Å². The number of carbonyl (C=O) groups is 1. The fourth-order valence-electron chi connectivity index (χ4n) is 3.94. The predicted molar refractivity (Wildman–Crippen MR) is 84.6 cm³/mol. The van der Waals surface area contributed by atoms with Crippen molar-refractivity contribution >= 4 is 5.91 Å². The molecular formula is C17H26N4O2. The average molecular weight is 318 g/mol. The minimum atomic E-state index is 0.193. The molecule has 1 unspecified atom stereocenters. The van der Waals surface area contributed by atoms with E-state index in [1.54, 1.807) is 0 Å². The van der Waals surface area contributed by atoms with Crippen LogP contribution in [0.15, 0.2) is 0 Å². The van der Waals surface area contributed by atoms with Crippen LogP contribution in [-0.4, -0.2) is 45.6 Å². The first-order valence-electron chi connectivity index (χ1n) is 8.86. The number of nitrogens with zero attached hydrogens (tertiary/aromatic N) is 4. The van der Waals surface area contributed by atoms with Crippen molar-refractivity contribution in [3.63, 3.8) is 0 Å². The number of amides is 1. The Labute approximate surface area is 137 Å². The third kappa shape index (κ3) is 3.01. The van der Waals surface area contributed by atoms with Gasteiger partial charge < -0.3 is 9.64 Å². The van der Waals surface area contributed by atoms with Crippen molar-refractivity contribution in [1.82, 2.24) is 19.9 Å². The number of aryl methyl sites for hydroxylation is 1. The predicted octanol–water partition coefficient (Wildman–Crippen LogP) is 1.71. The van der Waals surface area contributed by atoms with Gasteiger partial charge in [-0.15, -0.1) is 5.10 Å². The van der Waals surface area contributed by atoms with Crippen LogP contribution < -0.4 is 0 Å². The summed E-state index contributed by atoms with van der Waals surface area (Å²) in [5.41, 5.74) is 2.09. The molecule has 4 rings (SSSR count). The Hall–Kier alpha value is -1.43. The van der Waals surface area contributed by atoms with E-state index in [0.717, 1.165) is 43.3 Å². The zero-order valence-electron chi connectivity index (χ0n) is 14.1. The molecule has 1 atom stereocenters. The number of rotatable bonds is 5. The molecule has 0 spiro atoms. The van der Waals surface area contributed by atoms with E-state index < -0.39 is 0 Å². The fraction of sp³-hybridized carbons (Fsp3) is 0.824. The first-order chi connectivity index (χ1) is 11.1. The van der Waals surface area contributed by atoms with Gasteiger partial charge in [-0.25, -0.2) is 0 Å². The molecule has 2 heterocycles. The molecule has 2 fully saturated rings. The number of hydrogen-bond acceptors (Lipinski definition) is 4. The van der Waals surface area contributed by atoms with Gasteiger partial charge in [0.15, 0.2) is 0 Å². The number of ether oxygens (including phenoxy) is 1. The molecule has 1 aromatic heterocycles. The molecule has 1 aromatic rings. The Kier molecular flexibility index (Phi) is 3.87. The van der Waals surface area contributed by atoms with Crippen molar-refractivity contribution in [2.45, 2.75) is 45.1 Å². The van der Waals surface area contributed by atoms with Gasteiger partial charge in [-0.3, -0.25) is 9.48 Å². The van der Waals surface area contributed by atoms with Gasteiger partial charge in [0.05, 0.1) is 18.8 Å². The molecule has 6 nitrogen and oxygen atoms in total. The quantitative estimate of drug-likeness (QED) is 0.829. The Morgan fingerprint density at radius 1 is 1.30 bits per heavy atom. The van der Waals surface area contributed by atoms with Crippen LogP contribution in [0.2, 0.25) is 0 Å². The molecule has 3 aliphatic rings. The van der Waals surface area contributed by atoms with Gasteiger partial charge in [-0.1, -0.05) is 12.1 Å².